The molecule has 0 bridgehead atoms. The number of amides is 3. The van der Waals surface area contributed by atoms with Crippen LogP contribution in [0.4, 0.5) is 10.1 Å². The molecule has 1 aliphatic heterocycles. The van der Waals surface area contributed by atoms with Gasteiger partial charge in [0.2, 0.25) is 17.7 Å². The molecule has 1 aliphatic rings. The largest absolute Gasteiger partial charge is 0.548 e. The van der Waals surface area contributed by atoms with Gasteiger partial charge in [0.1, 0.15) is 11.9 Å². The minimum Gasteiger partial charge on any atom is -0.548 e. The van der Waals surface area contributed by atoms with Gasteiger partial charge in [-0.15, -0.1) is 0 Å². The number of nitrogens with one attached hydrogen (secondary N) is 2. The van der Waals surface area contributed by atoms with E-state index < -0.39 is 41.6 Å². The van der Waals surface area contributed by atoms with Gasteiger partial charge in [-0.3, -0.25) is 14.4 Å². The van der Waals surface area contributed by atoms with Gasteiger partial charge in [0.25, 0.3) is 0 Å². The summed E-state index contributed by atoms with van der Waals surface area (Å²) >= 11 is 0. The Hall–Kier alpha value is -2.97. The number of carboxylic acids is 1. The third kappa shape index (κ3) is 6.00. The molecular formula is C20H25FN3O5-. The lowest BCUT2D eigenvalue weighted by Crippen LogP contribution is -2.54. The maximum absolute atomic E-state index is 13.1. The van der Waals surface area contributed by atoms with Crippen LogP contribution in [0.15, 0.2) is 24.3 Å². The van der Waals surface area contributed by atoms with Crippen LogP contribution in [-0.2, 0) is 19.2 Å². The van der Waals surface area contributed by atoms with Crippen LogP contribution in [0, 0.1) is 17.7 Å². The smallest absolute Gasteiger partial charge is 0.242 e. The number of carbonyl (C=O) groups excluding carboxylic acids is 4. The number of aliphatic carboxylic acids is 1. The van der Waals surface area contributed by atoms with Gasteiger partial charge in [0.05, 0.1) is 17.9 Å². The molecule has 9 heteroatoms. The molecule has 29 heavy (non-hydrogen) atoms. The van der Waals surface area contributed by atoms with Crippen molar-refractivity contribution in [2.24, 2.45) is 11.8 Å². The number of benzene rings is 1. The Balaban J connectivity index is 1.93. The van der Waals surface area contributed by atoms with Crippen LogP contribution in [0.3, 0.4) is 0 Å². The summed E-state index contributed by atoms with van der Waals surface area (Å²) in [5.41, 5.74) is 0.489. The van der Waals surface area contributed by atoms with Crippen molar-refractivity contribution < 1.29 is 28.7 Å². The van der Waals surface area contributed by atoms with E-state index in [1.807, 2.05) is 13.8 Å². The van der Waals surface area contributed by atoms with Crippen molar-refractivity contribution in [2.45, 2.75) is 45.7 Å². The Kier molecular flexibility index (Phi) is 7.30. The summed E-state index contributed by atoms with van der Waals surface area (Å²) in [7, 11) is 0. The molecule has 0 aliphatic carbocycles. The highest BCUT2D eigenvalue weighted by atomic mass is 19.1. The van der Waals surface area contributed by atoms with Crippen LogP contribution >= 0.6 is 0 Å². The Bertz CT molecular complexity index is 781. The van der Waals surface area contributed by atoms with E-state index in [0.717, 1.165) is 0 Å². The molecule has 0 aromatic heterocycles. The average Bonchev–Trinajstić information content (AvgIpc) is 3.03. The summed E-state index contributed by atoms with van der Waals surface area (Å²) in [6, 6.07) is 3.24. The fourth-order valence-corrected chi connectivity index (χ4v) is 3.13. The van der Waals surface area contributed by atoms with Gasteiger partial charge in [0, 0.05) is 18.7 Å². The van der Waals surface area contributed by atoms with E-state index in [0.29, 0.717) is 5.69 Å². The van der Waals surface area contributed by atoms with Crippen molar-refractivity contribution in [3.05, 3.63) is 30.1 Å². The van der Waals surface area contributed by atoms with Crippen LogP contribution in [0.25, 0.3) is 0 Å². The molecule has 1 aromatic rings. The second-order valence-electron chi connectivity index (χ2n) is 7.62. The molecule has 1 saturated heterocycles. The molecule has 0 radical (unpaired) electrons. The molecule has 2 N–H and O–H groups in total. The number of halogens is 1. The quantitative estimate of drug-likeness (QED) is 0.628. The predicted octanol–water partition coefficient (Wildman–Crippen LogP) is -0.0359. The topological polar surface area (TPSA) is 119 Å². The number of carboxylic acid groups (broad SMARTS) is 1. The lowest BCUT2D eigenvalue weighted by molar-refractivity contribution is -0.308. The Morgan fingerprint density at radius 1 is 1.17 bits per heavy atom. The first-order chi connectivity index (χ1) is 13.6. The summed E-state index contributed by atoms with van der Waals surface area (Å²) < 4.78 is 13.1. The number of carbonyl (C=O) groups is 4. The van der Waals surface area contributed by atoms with Crippen molar-refractivity contribution in [1.82, 2.24) is 10.6 Å². The first-order valence-corrected chi connectivity index (χ1v) is 9.46. The minimum atomic E-state index is -1.39. The van der Waals surface area contributed by atoms with E-state index >= 15 is 0 Å². The van der Waals surface area contributed by atoms with E-state index in [4.69, 9.17) is 0 Å². The highest BCUT2D eigenvalue weighted by molar-refractivity contribution is 6.01. The summed E-state index contributed by atoms with van der Waals surface area (Å²) in [4.78, 5) is 49.5. The van der Waals surface area contributed by atoms with E-state index in [-0.39, 0.29) is 31.2 Å². The molecule has 158 valence electrons. The molecule has 1 heterocycles. The highest BCUT2D eigenvalue weighted by Crippen LogP contribution is 2.25. The molecule has 8 nitrogen and oxygen atoms in total. The lowest BCUT2D eigenvalue weighted by atomic mass is 10.0. The van der Waals surface area contributed by atoms with Crippen molar-refractivity contribution in [3.8, 4) is 0 Å². The Morgan fingerprint density at radius 2 is 1.79 bits per heavy atom. The third-order valence-electron chi connectivity index (χ3n) is 4.69. The second-order valence-corrected chi connectivity index (χ2v) is 7.62. The van der Waals surface area contributed by atoms with Gasteiger partial charge in [-0.1, -0.05) is 13.8 Å². The minimum absolute atomic E-state index is 0.0324. The normalized spacial score (nSPS) is 18.4. The summed E-state index contributed by atoms with van der Waals surface area (Å²) in [6.45, 7) is 5.18. The van der Waals surface area contributed by atoms with Gasteiger partial charge in [-0.05, 0) is 43.5 Å². The first kappa shape index (κ1) is 22.3. The third-order valence-corrected chi connectivity index (χ3v) is 4.69. The Morgan fingerprint density at radius 3 is 2.34 bits per heavy atom. The van der Waals surface area contributed by atoms with Gasteiger partial charge >= 0.3 is 0 Å². The van der Waals surface area contributed by atoms with Gasteiger partial charge in [-0.25, -0.2) is 4.39 Å². The summed E-state index contributed by atoms with van der Waals surface area (Å²) in [5, 5.41) is 16.1. The van der Waals surface area contributed by atoms with Crippen LogP contribution in [0.2, 0.25) is 0 Å². The molecule has 3 amide bonds. The van der Waals surface area contributed by atoms with Gasteiger partial charge in [-0.2, -0.15) is 0 Å². The molecule has 2 rings (SSSR count). The fourth-order valence-electron chi connectivity index (χ4n) is 3.13. The average molecular weight is 406 g/mol. The van der Waals surface area contributed by atoms with Crippen molar-refractivity contribution in [3.63, 3.8) is 0 Å². The van der Waals surface area contributed by atoms with Crippen LogP contribution in [-0.4, -0.2) is 42.3 Å². The number of anilines is 1. The lowest BCUT2D eigenvalue weighted by Gasteiger charge is -2.24. The molecule has 0 spiro atoms. The number of nitrogens with zero attached hydrogens (tertiary/aromatic N) is 1. The fraction of sp³-hybridized carbons (Fsp3) is 0.500. The van der Waals surface area contributed by atoms with Gasteiger partial charge < -0.3 is 25.4 Å². The maximum Gasteiger partial charge on any atom is 0.242 e. The molecule has 1 fully saturated rings. The number of hydrogen-bond acceptors (Lipinski definition) is 5. The van der Waals surface area contributed by atoms with Gasteiger partial charge in [0.15, 0.2) is 0 Å². The summed E-state index contributed by atoms with van der Waals surface area (Å²) in [5.74, 6) is -3.86. The predicted molar refractivity (Wildman–Crippen MR) is 101 cm³/mol. The Labute approximate surface area is 168 Å². The van der Waals surface area contributed by atoms with Crippen molar-refractivity contribution in [2.75, 3.05) is 11.4 Å². The van der Waals surface area contributed by atoms with E-state index in [1.165, 1.54) is 36.1 Å². The van der Waals surface area contributed by atoms with Crippen LogP contribution in [0.1, 0.15) is 33.6 Å². The standard InChI is InChI=1S/C20H26FN3O5/c1-11(2)8-16(20(28)29)23-18(26)12(3)22-19(27)13-9-17(25)24(10-13)15-6-4-14(21)5-7-15/h4-7,11-13,16H,8-10H2,1-3H3,(H,22,27)(H,23,26)(H,28,29)/p-1/t12-,13-,16-/m0/s1. The monoisotopic (exact) mass is 406 g/mol. The van der Waals surface area contributed by atoms with E-state index in [9.17, 15) is 28.7 Å². The molecule has 0 unspecified atom stereocenters. The zero-order chi connectivity index (χ0) is 21.7. The van der Waals surface area contributed by atoms with Crippen LogP contribution in [0.5, 0.6) is 0 Å². The molecule has 1 aromatic carbocycles. The molecule has 3 atom stereocenters. The molecular weight excluding hydrogens is 381 g/mol. The summed E-state index contributed by atoms with van der Waals surface area (Å²) in [6.07, 6.45) is 0.172. The zero-order valence-corrected chi connectivity index (χ0v) is 16.6. The second kappa shape index (κ2) is 9.49. The highest BCUT2D eigenvalue weighted by Gasteiger charge is 2.36. The number of hydrogen-bond donors (Lipinski definition) is 2. The zero-order valence-electron chi connectivity index (χ0n) is 16.6. The van der Waals surface area contributed by atoms with Crippen LogP contribution < -0.4 is 20.6 Å². The maximum atomic E-state index is 13.1. The number of rotatable bonds is 8. The van der Waals surface area contributed by atoms with Crippen molar-refractivity contribution >= 4 is 29.4 Å². The first-order valence-electron chi connectivity index (χ1n) is 9.46. The SMILES string of the molecule is CC(C)C[C@H](NC(=O)[C@H](C)NC(=O)[C@H]1CC(=O)N(c2ccc(F)cc2)C1)C(=O)[O-]. The van der Waals surface area contributed by atoms with E-state index in [2.05, 4.69) is 10.6 Å². The molecule has 0 saturated carbocycles. The van der Waals surface area contributed by atoms with Crippen molar-refractivity contribution in [1.29, 1.82) is 0 Å². The van der Waals surface area contributed by atoms with E-state index in [1.54, 1.807) is 0 Å².